The minimum absolute atomic E-state index is 0.108. The summed E-state index contributed by atoms with van der Waals surface area (Å²) in [5.74, 6) is 1.75. The van der Waals surface area contributed by atoms with E-state index in [0.717, 1.165) is 17.9 Å². The number of rotatable bonds is 6. The molecule has 5 rings (SSSR count). The lowest BCUT2D eigenvalue weighted by molar-refractivity contribution is -0.122. The Bertz CT molecular complexity index is 988. The molecule has 1 amide bonds. The van der Waals surface area contributed by atoms with Crippen molar-refractivity contribution < 1.29 is 4.79 Å². The van der Waals surface area contributed by atoms with Gasteiger partial charge in [0.05, 0.1) is 11.9 Å². The summed E-state index contributed by atoms with van der Waals surface area (Å²) in [5.41, 5.74) is 1.83. The van der Waals surface area contributed by atoms with Crippen LogP contribution in [0.15, 0.2) is 45.8 Å². The third-order valence-electron chi connectivity index (χ3n) is 7.31. The Morgan fingerprint density at radius 3 is 2.67 bits per heavy atom. The van der Waals surface area contributed by atoms with E-state index in [-0.39, 0.29) is 18.0 Å². The van der Waals surface area contributed by atoms with Crippen molar-refractivity contribution in [1.82, 2.24) is 15.1 Å². The number of aromatic nitrogens is 2. The summed E-state index contributed by atoms with van der Waals surface area (Å²) in [4.78, 5) is 25.0. The molecule has 3 aliphatic rings. The highest BCUT2D eigenvalue weighted by molar-refractivity contribution is 9.10. The van der Waals surface area contributed by atoms with Crippen LogP contribution in [0.1, 0.15) is 39.2 Å². The number of anilines is 1. The van der Waals surface area contributed by atoms with Crippen molar-refractivity contribution in [3.05, 3.63) is 56.9 Å². The van der Waals surface area contributed by atoms with Gasteiger partial charge in [0.25, 0.3) is 5.56 Å². The predicted molar refractivity (Wildman–Crippen MR) is 121 cm³/mol. The third-order valence-corrected chi connectivity index (χ3v) is 8.07. The van der Waals surface area contributed by atoms with E-state index in [9.17, 15) is 9.59 Å². The molecule has 1 heterocycles. The van der Waals surface area contributed by atoms with Gasteiger partial charge in [0.1, 0.15) is 11.0 Å². The number of nitrogens with one attached hydrogen (secondary N) is 2. The zero-order chi connectivity index (χ0) is 21.5. The molecule has 3 fully saturated rings. The van der Waals surface area contributed by atoms with Crippen molar-refractivity contribution in [2.75, 3.05) is 5.32 Å². The standard InChI is InChI=1S/C23H29BrN4O2/c1-14-17-9-16(23(17,2)3)10-18(14)27-19-12-26-28(22(30)21(19)24)13-20(29)25-11-15-7-5-4-6-8-15/h4-8,12,14,16-18,27H,9-11,13H2,1-3H3,(H,25,29)/t14-,16+,17-,18-/m1/s1. The van der Waals surface area contributed by atoms with Crippen LogP contribution in [-0.2, 0) is 17.9 Å². The Kier molecular flexibility index (Phi) is 5.75. The first-order valence-corrected chi connectivity index (χ1v) is 11.4. The van der Waals surface area contributed by atoms with Gasteiger partial charge in [0.15, 0.2) is 0 Å². The lowest BCUT2D eigenvalue weighted by atomic mass is 9.45. The highest BCUT2D eigenvalue weighted by atomic mass is 79.9. The topological polar surface area (TPSA) is 76.0 Å². The molecule has 0 unspecified atom stereocenters. The van der Waals surface area contributed by atoms with Crippen molar-refractivity contribution in [2.24, 2.45) is 23.2 Å². The first kappa shape index (κ1) is 21.1. The summed E-state index contributed by atoms with van der Waals surface area (Å²) in [7, 11) is 0. The molecule has 6 nitrogen and oxygen atoms in total. The molecule has 4 atom stereocenters. The number of hydrogen-bond acceptors (Lipinski definition) is 4. The molecule has 2 bridgehead atoms. The summed E-state index contributed by atoms with van der Waals surface area (Å²) in [6, 6.07) is 10.0. The molecular formula is C23H29BrN4O2. The van der Waals surface area contributed by atoms with E-state index in [1.165, 1.54) is 11.1 Å². The van der Waals surface area contributed by atoms with Crippen LogP contribution in [0.2, 0.25) is 0 Å². The summed E-state index contributed by atoms with van der Waals surface area (Å²) in [6.45, 7) is 7.37. The van der Waals surface area contributed by atoms with Crippen molar-refractivity contribution in [1.29, 1.82) is 0 Å². The third kappa shape index (κ3) is 3.92. The van der Waals surface area contributed by atoms with Crippen LogP contribution in [-0.4, -0.2) is 21.7 Å². The zero-order valence-corrected chi connectivity index (χ0v) is 19.3. The average molecular weight is 473 g/mol. The molecule has 1 aromatic carbocycles. The van der Waals surface area contributed by atoms with E-state index in [2.05, 4.69) is 52.4 Å². The van der Waals surface area contributed by atoms with Crippen LogP contribution in [0.3, 0.4) is 0 Å². The first-order chi connectivity index (χ1) is 14.3. The Hall–Kier alpha value is -2.15. The molecule has 0 spiro atoms. The molecule has 7 heteroatoms. The van der Waals surface area contributed by atoms with Gasteiger partial charge in [0, 0.05) is 12.6 Å². The number of fused-ring (bicyclic) bond motifs is 2. The molecule has 0 radical (unpaired) electrons. The summed E-state index contributed by atoms with van der Waals surface area (Å²) in [6.07, 6.45) is 4.07. The van der Waals surface area contributed by atoms with Gasteiger partial charge < -0.3 is 10.6 Å². The minimum Gasteiger partial charge on any atom is -0.380 e. The monoisotopic (exact) mass is 472 g/mol. The number of carbonyl (C=O) groups excluding carboxylic acids is 1. The van der Waals surface area contributed by atoms with Gasteiger partial charge in [-0.05, 0) is 57.5 Å². The minimum atomic E-state index is -0.302. The van der Waals surface area contributed by atoms with Gasteiger partial charge in [0.2, 0.25) is 5.91 Å². The Morgan fingerprint density at radius 1 is 1.27 bits per heavy atom. The number of carbonyl (C=O) groups is 1. The second-order valence-corrected chi connectivity index (χ2v) is 10.1. The highest BCUT2D eigenvalue weighted by Gasteiger charge is 2.56. The number of hydrogen-bond donors (Lipinski definition) is 2. The van der Waals surface area contributed by atoms with Crippen molar-refractivity contribution in [3.8, 4) is 0 Å². The average Bonchev–Trinajstić information content (AvgIpc) is 2.73. The Labute approximate surface area is 185 Å². The molecule has 1 aromatic heterocycles. The normalized spacial score (nSPS) is 26.5. The Morgan fingerprint density at radius 2 is 2.00 bits per heavy atom. The molecular weight excluding hydrogens is 444 g/mol. The number of benzene rings is 1. The maximum absolute atomic E-state index is 12.7. The molecule has 160 valence electrons. The maximum atomic E-state index is 12.7. The van der Waals surface area contributed by atoms with Crippen molar-refractivity contribution >= 4 is 27.5 Å². The van der Waals surface area contributed by atoms with E-state index in [4.69, 9.17) is 0 Å². The number of nitrogens with zero attached hydrogens (tertiary/aromatic N) is 2. The Balaban J connectivity index is 1.39. The molecule has 30 heavy (non-hydrogen) atoms. The lowest BCUT2D eigenvalue weighted by Crippen LogP contribution is -2.58. The van der Waals surface area contributed by atoms with Crippen LogP contribution in [0.25, 0.3) is 0 Å². The van der Waals surface area contributed by atoms with E-state index >= 15 is 0 Å². The van der Waals surface area contributed by atoms with E-state index < -0.39 is 0 Å². The van der Waals surface area contributed by atoms with Gasteiger partial charge in [-0.1, -0.05) is 51.1 Å². The van der Waals surface area contributed by atoms with Gasteiger partial charge in [-0.2, -0.15) is 5.10 Å². The summed E-state index contributed by atoms with van der Waals surface area (Å²) >= 11 is 3.42. The zero-order valence-electron chi connectivity index (χ0n) is 17.7. The number of halogens is 1. The molecule has 2 N–H and O–H groups in total. The summed E-state index contributed by atoms with van der Waals surface area (Å²) in [5, 5.41) is 10.6. The summed E-state index contributed by atoms with van der Waals surface area (Å²) < 4.78 is 1.62. The van der Waals surface area contributed by atoms with Crippen LogP contribution < -0.4 is 16.2 Å². The predicted octanol–water partition coefficient (Wildman–Crippen LogP) is 3.80. The van der Waals surface area contributed by atoms with E-state index in [1.54, 1.807) is 6.20 Å². The highest BCUT2D eigenvalue weighted by Crippen LogP contribution is 2.61. The smallest absolute Gasteiger partial charge is 0.283 e. The lowest BCUT2D eigenvalue weighted by Gasteiger charge is -2.62. The fourth-order valence-corrected chi connectivity index (χ4v) is 5.63. The fourth-order valence-electron chi connectivity index (χ4n) is 5.21. The molecule has 0 aliphatic heterocycles. The second-order valence-electron chi connectivity index (χ2n) is 9.30. The quantitative estimate of drug-likeness (QED) is 0.669. The molecule has 2 aromatic rings. The van der Waals surface area contributed by atoms with Crippen LogP contribution in [0, 0.1) is 23.2 Å². The SMILES string of the molecule is C[C@@H]1[C@H]2C[C@@H](C[C@H]1Nc1cnn(CC(=O)NCc3ccccc3)c(=O)c1Br)C2(C)C. The van der Waals surface area contributed by atoms with Crippen molar-refractivity contribution in [2.45, 2.75) is 52.7 Å². The van der Waals surface area contributed by atoms with E-state index in [0.29, 0.717) is 40.0 Å². The largest absolute Gasteiger partial charge is 0.380 e. The fraction of sp³-hybridized carbons (Fsp3) is 0.522. The van der Waals surface area contributed by atoms with E-state index in [1.807, 2.05) is 30.3 Å². The maximum Gasteiger partial charge on any atom is 0.283 e. The molecule has 3 aliphatic carbocycles. The van der Waals surface area contributed by atoms with Crippen LogP contribution in [0.5, 0.6) is 0 Å². The first-order valence-electron chi connectivity index (χ1n) is 10.6. The number of amides is 1. The molecule has 0 saturated heterocycles. The van der Waals surface area contributed by atoms with Gasteiger partial charge in [-0.15, -0.1) is 0 Å². The van der Waals surface area contributed by atoms with Gasteiger partial charge in [-0.25, -0.2) is 4.68 Å². The van der Waals surface area contributed by atoms with Crippen LogP contribution >= 0.6 is 15.9 Å². The second kappa shape index (κ2) is 8.17. The van der Waals surface area contributed by atoms with Gasteiger partial charge >= 0.3 is 0 Å². The van der Waals surface area contributed by atoms with Crippen molar-refractivity contribution in [3.63, 3.8) is 0 Å². The van der Waals surface area contributed by atoms with Gasteiger partial charge in [-0.3, -0.25) is 9.59 Å². The van der Waals surface area contributed by atoms with Crippen LogP contribution in [0.4, 0.5) is 5.69 Å². The molecule has 3 saturated carbocycles.